The van der Waals surface area contributed by atoms with Gasteiger partial charge >= 0.3 is 18.3 Å². The van der Waals surface area contributed by atoms with Gasteiger partial charge in [0.25, 0.3) is 0 Å². The molecule has 0 heterocycles. The van der Waals surface area contributed by atoms with Crippen molar-refractivity contribution in [1.82, 2.24) is 0 Å². The number of hydrogen-bond donors (Lipinski definition) is 0. The molecule has 0 saturated carbocycles. The third kappa shape index (κ3) is 2.77. The van der Waals surface area contributed by atoms with E-state index < -0.39 is 24.7 Å². The van der Waals surface area contributed by atoms with Gasteiger partial charge in [0.2, 0.25) is 0 Å². The van der Waals surface area contributed by atoms with Crippen LogP contribution in [0.5, 0.6) is 0 Å². The van der Waals surface area contributed by atoms with Gasteiger partial charge in [0.05, 0.1) is 0 Å². The predicted octanol–water partition coefficient (Wildman–Crippen LogP) is 3.88. The summed E-state index contributed by atoms with van der Waals surface area (Å²) in [5.74, 6) is -9.95. The van der Waals surface area contributed by atoms with Gasteiger partial charge in [-0.1, -0.05) is 13.3 Å². The maximum absolute atomic E-state index is 12.4. The summed E-state index contributed by atoms with van der Waals surface area (Å²) in [6.45, 7) is 1.50. The first-order chi connectivity index (χ1) is 5.75. The average molecular weight is 207 g/mol. The van der Waals surface area contributed by atoms with Crippen LogP contribution in [0.3, 0.4) is 0 Å². The summed E-state index contributed by atoms with van der Waals surface area (Å²) >= 11 is 0. The second-order valence-corrected chi connectivity index (χ2v) is 2.64. The predicted molar refractivity (Wildman–Crippen MR) is 34.9 cm³/mol. The molecular formula is C7H9F6. The van der Waals surface area contributed by atoms with Crippen molar-refractivity contribution in [2.24, 2.45) is 0 Å². The van der Waals surface area contributed by atoms with Gasteiger partial charge in [-0.3, -0.25) is 0 Å². The summed E-state index contributed by atoms with van der Waals surface area (Å²) in [4.78, 5) is 0. The fourth-order valence-electron chi connectivity index (χ4n) is 0.694. The van der Waals surface area contributed by atoms with Crippen molar-refractivity contribution in [1.29, 1.82) is 0 Å². The van der Waals surface area contributed by atoms with E-state index >= 15 is 0 Å². The minimum Gasteiger partial charge on any atom is -0.200 e. The third-order valence-corrected chi connectivity index (χ3v) is 1.54. The van der Waals surface area contributed by atoms with E-state index in [1.807, 2.05) is 0 Å². The lowest BCUT2D eigenvalue weighted by Crippen LogP contribution is -2.42. The highest BCUT2D eigenvalue weighted by Crippen LogP contribution is 2.45. The van der Waals surface area contributed by atoms with E-state index in [4.69, 9.17) is 0 Å². The molecule has 0 aromatic heterocycles. The molecule has 0 atom stereocenters. The van der Waals surface area contributed by atoms with Gasteiger partial charge in [-0.15, -0.1) is 0 Å². The molecule has 0 rings (SSSR count). The van der Waals surface area contributed by atoms with Gasteiger partial charge in [-0.05, 0) is 6.42 Å². The lowest BCUT2D eigenvalue weighted by molar-refractivity contribution is -0.231. The average Bonchev–Trinajstić information content (AvgIpc) is 2.00. The lowest BCUT2D eigenvalue weighted by Gasteiger charge is -2.24. The van der Waals surface area contributed by atoms with Crippen LogP contribution in [0.1, 0.15) is 26.2 Å². The van der Waals surface area contributed by atoms with Crippen molar-refractivity contribution in [3.05, 3.63) is 6.43 Å². The number of hydrogen-bond acceptors (Lipinski definition) is 0. The first-order valence-electron chi connectivity index (χ1n) is 3.69. The van der Waals surface area contributed by atoms with Gasteiger partial charge in [0.15, 0.2) is 0 Å². The van der Waals surface area contributed by atoms with E-state index in [1.54, 1.807) is 0 Å². The van der Waals surface area contributed by atoms with Crippen molar-refractivity contribution < 1.29 is 26.3 Å². The Kier molecular flexibility index (Phi) is 4.06. The summed E-state index contributed by atoms with van der Waals surface area (Å²) in [7, 11) is 0. The van der Waals surface area contributed by atoms with Crippen molar-refractivity contribution in [3.8, 4) is 0 Å². The van der Waals surface area contributed by atoms with E-state index in [9.17, 15) is 26.3 Å². The molecule has 0 amide bonds. The normalized spacial score (nSPS) is 13.8. The van der Waals surface area contributed by atoms with Crippen molar-refractivity contribution >= 4 is 0 Å². The van der Waals surface area contributed by atoms with Crippen LogP contribution in [0.15, 0.2) is 0 Å². The van der Waals surface area contributed by atoms with Crippen LogP contribution >= 0.6 is 0 Å². The lowest BCUT2D eigenvalue weighted by atomic mass is 10.1. The number of halogens is 6. The van der Waals surface area contributed by atoms with Gasteiger partial charge in [0.1, 0.15) is 0 Å². The van der Waals surface area contributed by atoms with Crippen LogP contribution < -0.4 is 0 Å². The number of rotatable bonds is 5. The monoisotopic (exact) mass is 207 g/mol. The summed E-state index contributed by atoms with van der Waals surface area (Å²) in [5, 5.41) is 0. The molecule has 0 bridgehead atoms. The zero-order valence-electron chi connectivity index (χ0n) is 6.89. The van der Waals surface area contributed by atoms with Crippen LogP contribution in [0.2, 0.25) is 0 Å². The molecule has 0 aliphatic heterocycles. The smallest absolute Gasteiger partial charge is 0.200 e. The minimum atomic E-state index is -5.30. The van der Waals surface area contributed by atoms with E-state index in [0.717, 1.165) is 0 Å². The fourth-order valence-corrected chi connectivity index (χ4v) is 0.694. The van der Waals surface area contributed by atoms with Crippen molar-refractivity contribution in [3.63, 3.8) is 0 Å². The summed E-state index contributed by atoms with van der Waals surface area (Å²) in [6.07, 6.45) is -4.72. The summed E-state index contributed by atoms with van der Waals surface area (Å²) in [5.41, 5.74) is 0. The van der Waals surface area contributed by atoms with E-state index in [0.29, 0.717) is 0 Å². The highest BCUT2D eigenvalue weighted by atomic mass is 19.3. The van der Waals surface area contributed by atoms with E-state index in [1.165, 1.54) is 6.92 Å². The first kappa shape index (κ1) is 12.6. The Labute approximate surface area is 71.9 Å². The zero-order valence-corrected chi connectivity index (χ0v) is 6.89. The highest BCUT2D eigenvalue weighted by Gasteiger charge is 2.63. The Balaban J connectivity index is 4.41. The van der Waals surface area contributed by atoms with Gasteiger partial charge < -0.3 is 0 Å². The molecule has 0 aromatic rings. The second kappa shape index (κ2) is 4.19. The Hall–Kier alpha value is -0.420. The molecular weight excluding hydrogens is 198 g/mol. The van der Waals surface area contributed by atoms with Gasteiger partial charge in [-0.2, -0.15) is 26.3 Å². The summed E-state index contributed by atoms with van der Waals surface area (Å²) in [6, 6.07) is 0. The molecule has 0 fully saturated rings. The molecule has 6 heteroatoms. The molecule has 0 nitrogen and oxygen atoms in total. The number of alkyl halides is 4. The van der Waals surface area contributed by atoms with Gasteiger partial charge in [0, 0.05) is 6.42 Å². The van der Waals surface area contributed by atoms with Crippen LogP contribution in [-0.2, 0) is 0 Å². The minimum absolute atomic E-state index is 0.212. The molecule has 0 N–H and O–H groups in total. The fraction of sp³-hybridized carbons (Fsp3) is 0.857. The molecule has 0 aliphatic carbocycles. The maximum Gasteiger partial charge on any atom is 0.384 e. The zero-order chi connectivity index (χ0) is 10.7. The van der Waals surface area contributed by atoms with Gasteiger partial charge in [-0.25, -0.2) is 0 Å². The second-order valence-electron chi connectivity index (χ2n) is 2.64. The molecule has 1 radical (unpaired) electrons. The largest absolute Gasteiger partial charge is 0.384 e. The van der Waals surface area contributed by atoms with Crippen LogP contribution in [0, 0.1) is 6.43 Å². The highest BCUT2D eigenvalue weighted by molar-refractivity contribution is 4.95. The molecule has 0 saturated heterocycles. The van der Waals surface area contributed by atoms with Crippen molar-refractivity contribution in [2.45, 2.75) is 38.0 Å². The SMILES string of the molecule is CCCCC(F)(F)C(F)(F)[C](F)F. The molecule has 0 aliphatic rings. The Morgan fingerprint density at radius 1 is 1.08 bits per heavy atom. The maximum atomic E-state index is 12.4. The van der Waals surface area contributed by atoms with Crippen LogP contribution in [-0.4, -0.2) is 11.8 Å². The molecule has 79 valence electrons. The van der Waals surface area contributed by atoms with E-state index in [-0.39, 0.29) is 12.8 Å². The standard InChI is InChI=1S/C7H9F6/c1-2-3-4-6(10,11)7(12,13)5(8)9/h2-4H2,1H3. The quantitative estimate of drug-likeness (QED) is 0.600. The first-order valence-corrected chi connectivity index (χ1v) is 3.69. The molecule has 0 unspecified atom stereocenters. The Morgan fingerprint density at radius 3 is 1.85 bits per heavy atom. The molecule has 0 aromatic carbocycles. The molecule has 13 heavy (non-hydrogen) atoms. The Bertz CT molecular complexity index is 153. The Morgan fingerprint density at radius 2 is 1.54 bits per heavy atom. The molecule has 0 spiro atoms. The number of unbranched alkanes of at least 4 members (excludes halogenated alkanes) is 1. The topological polar surface area (TPSA) is 0 Å². The van der Waals surface area contributed by atoms with Crippen LogP contribution in [0.4, 0.5) is 26.3 Å². The van der Waals surface area contributed by atoms with E-state index in [2.05, 4.69) is 0 Å². The van der Waals surface area contributed by atoms with Crippen molar-refractivity contribution in [2.75, 3.05) is 0 Å². The summed E-state index contributed by atoms with van der Waals surface area (Å²) < 4.78 is 71.8. The van der Waals surface area contributed by atoms with Crippen LogP contribution in [0.25, 0.3) is 0 Å². The third-order valence-electron chi connectivity index (χ3n) is 1.54.